The van der Waals surface area contributed by atoms with Crippen LogP contribution in [0.1, 0.15) is 20.3 Å². The molecule has 0 fully saturated rings. The Bertz CT molecular complexity index is 429. The number of hydrogen-bond acceptors (Lipinski definition) is 3. The lowest BCUT2D eigenvalue weighted by atomic mass is 9.99. The lowest BCUT2D eigenvalue weighted by molar-refractivity contribution is 0.408. The Hall–Kier alpha value is -1.37. The molecule has 4 N–H and O–H groups in total. The zero-order valence-electron chi connectivity index (χ0n) is 7.96. The minimum absolute atomic E-state index is 0.118. The molecule has 0 spiro atoms. The highest BCUT2D eigenvalue weighted by Gasteiger charge is 2.31. The van der Waals surface area contributed by atoms with E-state index in [2.05, 4.69) is 10.2 Å². The van der Waals surface area contributed by atoms with Gasteiger partial charge in [-0.15, -0.1) is 0 Å². The fourth-order valence-corrected chi connectivity index (χ4v) is 1.44. The smallest absolute Gasteiger partial charge is 0.345 e. The first-order valence-electron chi connectivity index (χ1n) is 4.13. The molecule has 0 bridgehead atoms. The largest absolute Gasteiger partial charge is 0.391 e. The predicted molar refractivity (Wildman–Crippen MR) is 56.4 cm³/mol. The van der Waals surface area contributed by atoms with E-state index in [-0.39, 0.29) is 4.99 Å². The standard InChI is InChI=1S/C7H12N4O2S/c1-3-7(2,4(8)14)11-5(12)9-10-6(11)13/h3H2,1-2H3,(H2,8,14)(H,9,12)(H,10,13). The number of nitrogens with zero attached hydrogens (tertiary/aromatic N) is 1. The number of nitrogens with one attached hydrogen (secondary N) is 2. The molecule has 78 valence electrons. The predicted octanol–water partition coefficient (Wildman–Crippen LogP) is -0.724. The molecule has 0 aliphatic heterocycles. The third kappa shape index (κ3) is 1.39. The van der Waals surface area contributed by atoms with Crippen LogP contribution in [-0.4, -0.2) is 19.8 Å². The summed E-state index contributed by atoms with van der Waals surface area (Å²) in [5, 5.41) is 4.37. The van der Waals surface area contributed by atoms with Crippen LogP contribution in [0.25, 0.3) is 0 Å². The fourth-order valence-electron chi connectivity index (χ4n) is 1.20. The van der Waals surface area contributed by atoms with Crippen LogP contribution in [-0.2, 0) is 5.54 Å². The number of aromatic amines is 2. The van der Waals surface area contributed by atoms with Crippen LogP contribution in [0, 0.1) is 0 Å². The van der Waals surface area contributed by atoms with E-state index in [0.717, 1.165) is 4.57 Å². The second-order valence-corrected chi connectivity index (χ2v) is 3.63. The van der Waals surface area contributed by atoms with Gasteiger partial charge in [-0.1, -0.05) is 19.1 Å². The van der Waals surface area contributed by atoms with Gasteiger partial charge in [0.15, 0.2) is 0 Å². The SMILES string of the molecule is CCC(C)(C(N)=S)n1c(=O)[nH][nH]c1=O. The van der Waals surface area contributed by atoms with Crippen LogP contribution in [0.4, 0.5) is 0 Å². The van der Waals surface area contributed by atoms with Crippen LogP contribution in [0.2, 0.25) is 0 Å². The van der Waals surface area contributed by atoms with E-state index in [1.165, 1.54) is 0 Å². The van der Waals surface area contributed by atoms with E-state index >= 15 is 0 Å². The zero-order valence-corrected chi connectivity index (χ0v) is 8.77. The van der Waals surface area contributed by atoms with Gasteiger partial charge < -0.3 is 5.73 Å². The summed E-state index contributed by atoms with van der Waals surface area (Å²) in [5.74, 6) is 0. The Morgan fingerprint density at radius 1 is 1.50 bits per heavy atom. The van der Waals surface area contributed by atoms with Crippen LogP contribution in [0.15, 0.2) is 9.59 Å². The van der Waals surface area contributed by atoms with Crippen LogP contribution in [0.5, 0.6) is 0 Å². The lowest BCUT2D eigenvalue weighted by Gasteiger charge is -2.26. The van der Waals surface area contributed by atoms with Crippen molar-refractivity contribution >= 4 is 17.2 Å². The molecule has 1 unspecified atom stereocenters. The van der Waals surface area contributed by atoms with Gasteiger partial charge in [0.25, 0.3) is 0 Å². The maximum atomic E-state index is 11.3. The highest BCUT2D eigenvalue weighted by atomic mass is 32.1. The monoisotopic (exact) mass is 216 g/mol. The Morgan fingerprint density at radius 3 is 2.21 bits per heavy atom. The van der Waals surface area contributed by atoms with Gasteiger partial charge in [-0.3, -0.25) is 0 Å². The highest BCUT2D eigenvalue weighted by Crippen LogP contribution is 2.16. The molecule has 7 heteroatoms. The van der Waals surface area contributed by atoms with Gasteiger partial charge in [0, 0.05) is 0 Å². The lowest BCUT2D eigenvalue weighted by Crippen LogP contribution is -2.51. The number of hydrogen-bond donors (Lipinski definition) is 3. The molecule has 0 saturated heterocycles. The van der Waals surface area contributed by atoms with Crippen LogP contribution >= 0.6 is 12.2 Å². The zero-order chi connectivity index (χ0) is 10.9. The summed E-state index contributed by atoms with van der Waals surface area (Å²) in [4.78, 5) is 22.7. The number of thiocarbonyl (C=S) groups is 1. The average Bonchev–Trinajstić information content (AvgIpc) is 2.45. The summed E-state index contributed by atoms with van der Waals surface area (Å²) < 4.78 is 0.995. The topological polar surface area (TPSA) is 96.7 Å². The van der Waals surface area contributed by atoms with E-state index in [4.69, 9.17) is 18.0 Å². The minimum atomic E-state index is -0.917. The Balaban J connectivity index is 3.48. The summed E-state index contributed by atoms with van der Waals surface area (Å²) in [5.41, 5.74) is 3.53. The molecule has 0 aromatic carbocycles. The van der Waals surface area contributed by atoms with Crippen molar-refractivity contribution in [1.82, 2.24) is 14.8 Å². The summed E-state index contributed by atoms with van der Waals surface area (Å²) in [6.45, 7) is 3.46. The van der Waals surface area contributed by atoms with Crippen molar-refractivity contribution in [3.8, 4) is 0 Å². The quantitative estimate of drug-likeness (QED) is 0.581. The molecule has 14 heavy (non-hydrogen) atoms. The molecular weight excluding hydrogens is 204 g/mol. The van der Waals surface area contributed by atoms with E-state index in [0.29, 0.717) is 6.42 Å². The van der Waals surface area contributed by atoms with E-state index in [1.807, 2.05) is 0 Å². The molecular formula is C7H12N4O2S. The average molecular weight is 216 g/mol. The molecule has 1 heterocycles. The molecule has 6 nitrogen and oxygen atoms in total. The second-order valence-electron chi connectivity index (χ2n) is 3.19. The summed E-state index contributed by atoms with van der Waals surface area (Å²) in [7, 11) is 0. The third-order valence-corrected chi connectivity index (χ3v) is 2.84. The van der Waals surface area contributed by atoms with Crippen molar-refractivity contribution in [2.24, 2.45) is 5.73 Å². The first-order valence-corrected chi connectivity index (χ1v) is 4.54. The van der Waals surface area contributed by atoms with Crippen molar-refractivity contribution < 1.29 is 0 Å². The van der Waals surface area contributed by atoms with Gasteiger partial charge >= 0.3 is 11.4 Å². The Labute approximate surface area is 85.1 Å². The molecule has 0 aliphatic rings. The van der Waals surface area contributed by atoms with Crippen molar-refractivity contribution in [2.45, 2.75) is 25.8 Å². The van der Waals surface area contributed by atoms with Crippen LogP contribution in [0.3, 0.4) is 0 Å². The number of nitrogens with two attached hydrogens (primary N) is 1. The third-order valence-electron chi connectivity index (χ3n) is 2.40. The molecule has 1 atom stereocenters. The number of rotatable bonds is 3. The molecule has 1 aromatic heterocycles. The maximum absolute atomic E-state index is 11.3. The highest BCUT2D eigenvalue weighted by molar-refractivity contribution is 7.80. The minimum Gasteiger partial charge on any atom is -0.391 e. The summed E-state index contributed by atoms with van der Waals surface area (Å²) >= 11 is 4.85. The Morgan fingerprint density at radius 2 is 1.93 bits per heavy atom. The Kier molecular flexibility index (Phi) is 2.61. The summed E-state index contributed by atoms with van der Waals surface area (Å²) in [6, 6.07) is 0. The van der Waals surface area contributed by atoms with Crippen molar-refractivity contribution in [3.63, 3.8) is 0 Å². The number of H-pyrrole nitrogens is 2. The fraction of sp³-hybridized carbons (Fsp3) is 0.571. The van der Waals surface area contributed by atoms with Gasteiger partial charge in [-0.05, 0) is 13.3 Å². The molecule has 0 amide bonds. The van der Waals surface area contributed by atoms with Gasteiger partial charge in [0.1, 0.15) is 5.54 Å². The number of aromatic nitrogens is 3. The van der Waals surface area contributed by atoms with Crippen molar-refractivity contribution in [2.75, 3.05) is 0 Å². The molecule has 0 saturated carbocycles. The van der Waals surface area contributed by atoms with E-state index < -0.39 is 16.9 Å². The van der Waals surface area contributed by atoms with Gasteiger partial charge in [0.2, 0.25) is 0 Å². The molecule has 1 rings (SSSR count). The molecule has 0 radical (unpaired) electrons. The van der Waals surface area contributed by atoms with Gasteiger partial charge in [-0.25, -0.2) is 24.4 Å². The normalized spacial score (nSPS) is 15.0. The van der Waals surface area contributed by atoms with Crippen molar-refractivity contribution in [1.29, 1.82) is 0 Å². The van der Waals surface area contributed by atoms with E-state index in [1.54, 1.807) is 13.8 Å². The van der Waals surface area contributed by atoms with Crippen molar-refractivity contribution in [3.05, 3.63) is 21.0 Å². The summed E-state index contributed by atoms with van der Waals surface area (Å²) in [6.07, 6.45) is 0.475. The van der Waals surface area contributed by atoms with E-state index in [9.17, 15) is 9.59 Å². The second kappa shape index (κ2) is 3.41. The van der Waals surface area contributed by atoms with Crippen LogP contribution < -0.4 is 17.1 Å². The maximum Gasteiger partial charge on any atom is 0.345 e. The first-order chi connectivity index (χ1) is 6.43. The molecule has 1 aromatic rings. The van der Waals surface area contributed by atoms with Gasteiger partial charge in [0.05, 0.1) is 4.99 Å². The first kappa shape index (κ1) is 10.7. The molecule has 0 aliphatic carbocycles. The van der Waals surface area contributed by atoms with Gasteiger partial charge in [-0.2, -0.15) is 0 Å².